The second-order valence-electron chi connectivity index (χ2n) is 5.48. The van der Waals surface area contributed by atoms with Gasteiger partial charge in [0.15, 0.2) is 0 Å². The molecule has 1 saturated heterocycles. The Morgan fingerprint density at radius 3 is 2.78 bits per heavy atom. The standard InChI is InChI=1S/C14H20N4O5/c15-11(19)2-1-3-12(20)16-6-8-4-5-10(23-8)9-7-17-14(22)18-13(9)21/h7-8,10H,1-6H2,(H2,15,19)(H,16,20)(H2,17,18,21,22). The SMILES string of the molecule is NC(=O)CCCC(=O)NCC1CCC(c2c[nH]c(=O)[nH]c2=O)O1. The van der Waals surface area contributed by atoms with Crippen molar-refractivity contribution in [1.82, 2.24) is 15.3 Å². The van der Waals surface area contributed by atoms with E-state index >= 15 is 0 Å². The van der Waals surface area contributed by atoms with Crippen molar-refractivity contribution in [2.75, 3.05) is 6.54 Å². The fourth-order valence-electron chi connectivity index (χ4n) is 2.48. The van der Waals surface area contributed by atoms with E-state index in [0.29, 0.717) is 31.4 Å². The van der Waals surface area contributed by atoms with Crippen LogP contribution in [0.25, 0.3) is 0 Å². The Hall–Kier alpha value is -2.42. The Kier molecular flexibility index (Phi) is 5.69. The summed E-state index contributed by atoms with van der Waals surface area (Å²) in [5.41, 5.74) is 4.36. The summed E-state index contributed by atoms with van der Waals surface area (Å²) in [4.78, 5) is 49.5. The lowest BCUT2D eigenvalue weighted by Crippen LogP contribution is -2.32. The zero-order chi connectivity index (χ0) is 16.8. The maximum Gasteiger partial charge on any atom is 0.325 e. The number of hydrogen-bond donors (Lipinski definition) is 4. The van der Waals surface area contributed by atoms with Crippen LogP contribution in [0.2, 0.25) is 0 Å². The highest BCUT2D eigenvalue weighted by Crippen LogP contribution is 2.30. The number of carbonyl (C=O) groups excluding carboxylic acids is 2. The van der Waals surface area contributed by atoms with Gasteiger partial charge in [0.25, 0.3) is 5.56 Å². The third kappa shape index (κ3) is 5.06. The molecule has 2 amide bonds. The molecule has 1 aromatic heterocycles. The number of rotatable bonds is 7. The molecule has 1 aromatic rings. The first-order chi connectivity index (χ1) is 11.0. The van der Waals surface area contributed by atoms with Crippen LogP contribution in [0.15, 0.2) is 15.8 Å². The zero-order valence-corrected chi connectivity index (χ0v) is 12.6. The normalized spacial score (nSPS) is 20.3. The Morgan fingerprint density at radius 2 is 2.09 bits per heavy atom. The number of nitrogens with one attached hydrogen (secondary N) is 3. The summed E-state index contributed by atoms with van der Waals surface area (Å²) < 4.78 is 5.73. The second-order valence-corrected chi connectivity index (χ2v) is 5.48. The van der Waals surface area contributed by atoms with E-state index in [4.69, 9.17) is 10.5 Å². The number of H-pyrrole nitrogens is 2. The second kappa shape index (κ2) is 7.73. The minimum atomic E-state index is -0.559. The molecule has 0 aromatic carbocycles. The van der Waals surface area contributed by atoms with Crippen molar-refractivity contribution in [3.63, 3.8) is 0 Å². The van der Waals surface area contributed by atoms with Crippen molar-refractivity contribution in [2.24, 2.45) is 5.73 Å². The van der Waals surface area contributed by atoms with E-state index in [1.54, 1.807) is 0 Å². The summed E-state index contributed by atoms with van der Waals surface area (Å²) >= 11 is 0. The third-order valence-electron chi connectivity index (χ3n) is 3.66. The molecule has 0 aliphatic carbocycles. The lowest BCUT2D eigenvalue weighted by atomic mass is 10.1. The minimum absolute atomic E-state index is 0.166. The van der Waals surface area contributed by atoms with E-state index in [1.165, 1.54) is 6.20 Å². The predicted molar refractivity (Wildman–Crippen MR) is 80.6 cm³/mol. The van der Waals surface area contributed by atoms with Crippen LogP contribution in [-0.2, 0) is 14.3 Å². The summed E-state index contributed by atoms with van der Waals surface area (Å²) in [7, 11) is 0. The molecule has 0 spiro atoms. The number of carbonyl (C=O) groups is 2. The number of primary amides is 1. The highest BCUT2D eigenvalue weighted by atomic mass is 16.5. The fourth-order valence-corrected chi connectivity index (χ4v) is 2.48. The van der Waals surface area contributed by atoms with Crippen LogP contribution in [0.4, 0.5) is 0 Å². The maximum atomic E-state index is 11.7. The molecule has 2 unspecified atom stereocenters. The molecule has 2 atom stereocenters. The van der Waals surface area contributed by atoms with Gasteiger partial charge in [0.2, 0.25) is 11.8 Å². The van der Waals surface area contributed by atoms with Gasteiger partial charge in [-0.2, -0.15) is 0 Å². The van der Waals surface area contributed by atoms with Crippen molar-refractivity contribution in [3.05, 3.63) is 32.6 Å². The minimum Gasteiger partial charge on any atom is -0.370 e. The molecule has 9 heteroatoms. The van der Waals surface area contributed by atoms with E-state index in [-0.39, 0.29) is 24.9 Å². The van der Waals surface area contributed by atoms with Crippen molar-refractivity contribution in [3.8, 4) is 0 Å². The quantitative estimate of drug-likeness (QED) is 0.511. The lowest BCUT2D eigenvalue weighted by Gasteiger charge is -2.14. The largest absolute Gasteiger partial charge is 0.370 e. The third-order valence-corrected chi connectivity index (χ3v) is 3.66. The van der Waals surface area contributed by atoms with E-state index in [0.717, 1.165) is 0 Å². The average molecular weight is 324 g/mol. The van der Waals surface area contributed by atoms with Crippen LogP contribution < -0.4 is 22.3 Å². The van der Waals surface area contributed by atoms with Crippen LogP contribution in [0.3, 0.4) is 0 Å². The number of aromatic nitrogens is 2. The molecule has 2 heterocycles. The molecule has 1 aliphatic heterocycles. The molecular weight excluding hydrogens is 304 g/mol. The molecule has 0 radical (unpaired) electrons. The van der Waals surface area contributed by atoms with Gasteiger partial charge >= 0.3 is 5.69 Å². The van der Waals surface area contributed by atoms with E-state index in [9.17, 15) is 19.2 Å². The first-order valence-corrected chi connectivity index (χ1v) is 7.48. The van der Waals surface area contributed by atoms with Gasteiger partial charge in [-0.1, -0.05) is 0 Å². The number of hydrogen-bond acceptors (Lipinski definition) is 5. The zero-order valence-electron chi connectivity index (χ0n) is 12.6. The Labute approximate surface area is 131 Å². The number of amides is 2. The first kappa shape index (κ1) is 16.9. The van der Waals surface area contributed by atoms with Gasteiger partial charge < -0.3 is 20.8 Å². The van der Waals surface area contributed by atoms with Gasteiger partial charge in [-0.05, 0) is 19.3 Å². The van der Waals surface area contributed by atoms with E-state index < -0.39 is 23.3 Å². The lowest BCUT2D eigenvalue weighted by molar-refractivity contribution is -0.122. The highest BCUT2D eigenvalue weighted by Gasteiger charge is 2.28. The van der Waals surface area contributed by atoms with Crippen LogP contribution in [0.1, 0.15) is 43.8 Å². The highest BCUT2D eigenvalue weighted by molar-refractivity contribution is 5.77. The topological polar surface area (TPSA) is 147 Å². The molecule has 5 N–H and O–H groups in total. The van der Waals surface area contributed by atoms with Gasteiger partial charge in [0, 0.05) is 25.6 Å². The van der Waals surface area contributed by atoms with Gasteiger partial charge in [-0.3, -0.25) is 19.4 Å². The van der Waals surface area contributed by atoms with Gasteiger partial charge in [0.05, 0.1) is 17.8 Å². The number of aromatic amines is 2. The summed E-state index contributed by atoms with van der Waals surface area (Å²) in [5, 5.41) is 2.73. The molecule has 0 saturated carbocycles. The molecule has 2 rings (SSSR count). The van der Waals surface area contributed by atoms with Crippen molar-refractivity contribution in [1.29, 1.82) is 0 Å². The van der Waals surface area contributed by atoms with Crippen molar-refractivity contribution in [2.45, 2.75) is 44.3 Å². The molecule has 126 valence electrons. The van der Waals surface area contributed by atoms with Crippen LogP contribution in [-0.4, -0.2) is 34.4 Å². The van der Waals surface area contributed by atoms with Crippen LogP contribution in [0.5, 0.6) is 0 Å². The number of ether oxygens (including phenoxy) is 1. The number of nitrogens with two attached hydrogens (primary N) is 1. The smallest absolute Gasteiger partial charge is 0.325 e. The summed E-state index contributed by atoms with van der Waals surface area (Å²) in [6.45, 7) is 0.340. The first-order valence-electron chi connectivity index (χ1n) is 7.48. The molecule has 1 aliphatic rings. The van der Waals surface area contributed by atoms with Crippen LogP contribution >= 0.6 is 0 Å². The van der Waals surface area contributed by atoms with E-state index in [2.05, 4.69) is 15.3 Å². The van der Waals surface area contributed by atoms with Gasteiger partial charge in [-0.25, -0.2) is 4.79 Å². The molecule has 0 bridgehead atoms. The maximum absolute atomic E-state index is 11.7. The van der Waals surface area contributed by atoms with Crippen LogP contribution in [0, 0.1) is 0 Å². The van der Waals surface area contributed by atoms with Crippen molar-refractivity contribution >= 4 is 11.8 Å². The predicted octanol–water partition coefficient (Wildman–Crippen LogP) is -0.945. The monoisotopic (exact) mass is 324 g/mol. The molecule has 9 nitrogen and oxygen atoms in total. The molecule has 23 heavy (non-hydrogen) atoms. The summed E-state index contributed by atoms with van der Waals surface area (Å²) in [6, 6.07) is 0. The van der Waals surface area contributed by atoms with Gasteiger partial charge in [-0.15, -0.1) is 0 Å². The Balaban J connectivity index is 1.77. The Morgan fingerprint density at radius 1 is 1.30 bits per heavy atom. The molecule has 1 fully saturated rings. The van der Waals surface area contributed by atoms with Crippen molar-refractivity contribution < 1.29 is 14.3 Å². The van der Waals surface area contributed by atoms with Gasteiger partial charge in [0.1, 0.15) is 0 Å². The van der Waals surface area contributed by atoms with E-state index in [1.807, 2.05) is 0 Å². The molecular formula is C14H20N4O5. The Bertz CT molecular complexity index is 680. The fraction of sp³-hybridized carbons (Fsp3) is 0.571. The average Bonchev–Trinajstić information content (AvgIpc) is 2.93. The summed E-state index contributed by atoms with van der Waals surface area (Å²) in [5.74, 6) is -0.592. The summed E-state index contributed by atoms with van der Waals surface area (Å²) in [6.07, 6.45) is 2.95.